The molecule has 0 aliphatic rings. The van der Waals surface area contributed by atoms with Gasteiger partial charge in [-0.1, -0.05) is 72.4 Å². The standard InChI is InChI=1S/C40H38N4O6S/c1-49-39(47)27-15-11-25(12-16-27)23-41-35(45)21-19-31-29-7-3-5-9-33(29)43-37(31)51-38-32(30-8-4-6-10-34(30)44-38)20-22-36(46)42-24-26-13-17-28(18-14-26)40(48)50-2/h3-18,43-44H,19-24H2,1-2H3,(H,41,45)(H,42,46). The summed E-state index contributed by atoms with van der Waals surface area (Å²) in [6, 6.07) is 30.1. The number of fused-ring (bicyclic) bond motifs is 2. The van der Waals surface area contributed by atoms with Crippen LogP contribution in [0.5, 0.6) is 0 Å². The number of nitrogens with one attached hydrogen (secondary N) is 4. The van der Waals surface area contributed by atoms with Gasteiger partial charge in [-0.15, -0.1) is 0 Å². The largest absolute Gasteiger partial charge is 0.465 e. The molecule has 0 saturated heterocycles. The summed E-state index contributed by atoms with van der Waals surface area (Å²) in [6.45, 7) is 0.701. The van der Waals surface area contributed by atoms with E-state index in [4.69, 9.17) is 9.47 Å². The first-order valence-corrected chi connectivity index (χ1v) is 17.4. The fourth-order valence-electron chi connectivity index (χ4n) is 5.93. The third-order valence-electron chi connectivity index (χ3n) is 8.69. The molecule has 51 heavy (non-hydrogen) atoms. The van der Waals surface area contributed by atoms with E-state index >= 15 is 0 Å². The minimum atomic E-state index is -0.402. The van der Waals surface area contributed by atoms with E-state index < -0.39 is 11.9 Å². The minimum Gasteiger partial charge on any atom is -0.465 e. The molecule has 10 nitrogen and oxygen atoms in total. The summed E-state index contributed by atoms with van der Waals surface area (Å²) in [5.41, 5.74) is 6.75. The number of aromatic nitrogens is 2. The monoisotopic (exact) mass is 702 g/mol. The molecule has 4 aromatic carbocycles. The molecule has 2 aromatic heterocycles. The number of benzene rings is 4. The predicted molar refractivity (Wildman–Crippen MR) is 197 cm³/mol. The number of aromatic amines is 2. The molecule has 260 valence electrons. The van der Waals surface area contributed by atoms with Crippen molar-refractivity contribution in [2.24, 2.45) is 0 Å². The van der Waals surface area contributed by atoms with E-state index in [1.54, 1.807) is 60.3 Å². The summed E-state index contributed by atoms with van der Waals surface area (Å²) < 4.78 is 9.51. The van der Waals surface area contributed by atoms with Crippen LogP contribution in [-0.4, -0.2) is 47.9 Å². The molecular formula is C40H38N4O6S. The van der Waals surface area contributed by atoms with Crippen LogP contribution in [0.25, 0.3) is 21.8 Å². The maximum Gasteiger partial charge on any atom is 0.337 e. The Morgan fingerprint density at radius 1 is 0.569 bits per heavy atom. The van der Waals surface area contributed by atoms with Crippen molar-refractivity contribution in [3.8, 4) is 0 Å². The summed E-state index contributed by atoms with van der Waals surface area (Å²) in [5.74, 6) is -0.962. The number of rotatable bonds is 14. The molecule has 0 bridgehead atoms. The number of amides is 2. The molecular weight excluding hydrogens is 665 g/mol. The van der Waals surface area contributed by atoms with Crippen LogP contribution >= 0.6 is 11.8 Å². The van der Waals surface area contributed by atoms with E-state index in [9.17, 15) is 19.2 Å². The number of para-hydroxylation sites is 2. The van der Waals surface area contributed by atoms with E-state index in [0.29, 0.717) is 49.9 Å². The molecule has 2 amide bonds. The van der Waals surface area contributed by atoms with Gasteiger partial charge in [-0.25, -0.2) is 9.59 Å². The van der Waals surface area contributed by atoms with E-state index in [0.717, 1.165) is 54.1 Å². The van der Waals surface area contributed by atoms with Crippen LogP contribution in [0.4, 0.5) is 0 Å². The summed E-state index contributed by atoms with van der Waals surface area (Å²) in [4.78, 5) is 56.6. The van der Waals surface area contributed by atoms with Crippen LogP contribution in [0.3, 0.4) is 0 Å². The van der Waals surface area contributed by atoms with Crippen molar-refractivity contribution < 1.29 is 28.7 Å². The first kappa shape index (κ1) is 35.0. The third kappa shape index (κ3) is 8.50. The molecule has 0 aliphatic heterocycles. The number of H-pyrrole nitrogens is 2. The van der Waals surface area contributed by atoms with Gasteiger partial charge in [0, 0.05) is 47.7 Å². The molecule has 2 heterocycles. The molecule has 0 fully saturated rings. The third-order valence-corrected chi connectivity index (χ3v) is 9.79. The Kier molecular flexibility index (Phi) is 11.2. The zero-order chi connectivity index (χ0) is 35.7. The van der Waals surface area contributed by atoms with E-state index in [2.05, 4.69) is 32.7 Å². The summed E-state index contributed by atoms with van der Waals surface area (Å²) in [6.07, 6.45) is 1.64. The van der Waals surface area contributed by atoms with Crippen molar-refractivity contribution in [2.75, 3.05) is 14.2 Å². The Morgan fingerprint density at radius 2 is 0.961 bits per heavy atom. The van der Waals surface area contributed by atoms with Gasteiger partial charge in [0.25, 0.3) is 0 Å². The van der Waals surface area contributed by atoms with Crippen molar-refractivity contribution in [1.82, 2.24) is 20.6 Å². The Hall–Kier alpha value is -5.81. The Labute approximate surface area is 299 Å². The van der Waals surface area contributed by atoms with Crippen molar-refractivity contribution >= 4 is 57.3 Å². The number of esters is 2. The zero-order valence-corrected chi connectivity index (χ0v) is 29.2. The highest BCUT2D eigenvalue weighted by atomic mass is 32.2. The van der Waals surface area contributed by atoms with Crippen LogP contribution in [0.1, 0.15) is 55.8 Å². The number of hydrogen-bond acceptors (Lipinski definition) is 7. The molecule has 4 N–H and O–H groups in total. The second kappa shape index (κ2) is 16.3. The van der Waals surface area contributed by atoms with Crippen LogP contribution in [-0.2, 0) is 45.0 Å². The van der Waals surface area contributed by atoms with E-state index in [-0.39, 0.29) is 11.8 Å². The van der Waals surface area contributed by atoms with Gasteiger partial charge in [0.2, 0.25) is 11.8 Å². The maximum atomic E-state index is 13.0. The quantitative estimate of drug-likeness (QED) is 0.0908. The average Bonchev–Trinajstić information content (AvgIpc) is 3.70. The van der Waals surface area contributed by atoms with Gasteiger partial charge in [-0.2, -0.15) is 0 Å². The maximum absolute atomic E-state index is 13.0. The SMILES string of the molecule is COC(=O)c1ccc(CNC(=O)CCc2c(Sc3[nH]c4ccccc4c3CCC(=O)NCc3ccc(C(=O)OC)cc3)[nH]c3ccccc23)cc1. The number of carbonyl (C=O) groups is 4. The highest BCUT2D eigenvalue weighted by Crippen LogP contribution is 2.39. The van der Waals surface area contributed by atoms with Crippen LogP contribution in [0.2, 0.25) is 0 Å². The molecule has 0 spiro atoms. The highest BCUT2D eigenvalue weighted by Gasteiger charge is 2.19. The Morgan fingerprint density at radius 3 is 1.35 bits per heavy atom. The lowest BCUT2D eigenvalue weighted by atomic mass is 10.1. The van der Waals surface area contributed by atoms with Gasteiger partial charge < -0.3 is 30.1 Å². The van der Waals surface area contributed by atoms with Gasteiger partial charge in [-0.3, -0.25) is 9.59 Å². The average molecular weight is 703 g/mol. The van der Waals surface area contributed by atoms with Crippen molar-refractivity contribution in [2.45, 2.75) is 48.8 Å². The molecule has 0 saturated carbocycles. The second-order valence-electron chi connectivity index (χ2n) is 12.0. The predicted octanol–water partition coefficient (Wildman–Crippen LogP) is 6.87. The lowest BCUT2D eigenvalue weighted by Gasteiger charge is -2.09. The number of ether oxygens (including phenoxy) is 2. The molecule has 6 rings (SSSR count). The number of methoxy groups -OCH3 is 2. The first-order chi connectivity index (χ1) is 24.8. The summed E-state index contributed by atoms with van der Waals surface area (Å²) in [5, 5.41) is 9.98. The van der Waals surface area contributed by atoms with Gasteiger partial charge in [-0.05, 0) is 71.5 Å². The smallest absolute Gasteiger partial charge is 0.337 e. The molecule has 0 unspecified atom stereocenters. The van der Waals surface area contributed by atoms with Crippen molar-refractivity contribution in [3.63, 3.8) is 0 Å². The zero-order valence-electron chi connectivity index (χ0n) is 28.3. The second-order valence-corrected chi connectivity index (χ2v) is 13.0. The normalized spacial score (nSPS) is 11.0. The van der Waals surface area contributed by atoms with Crippen LogP contribution < -0.4 is 10.6 Å². The Bertz CT molecular complexity index is 2030. The van der Waals surface area contributed by atoms with Crippen molar-refractivity contribution in [1.29, 1.82) is 0 Å². The first-order valence-electron chi connectivity index (χ1n) is 16.6. The Balaban J connectivity index is 1.13. The number of hydrogen-bond donors (Lipinski definition) is 4. The molecule has 0 radical (unpaired) electrons. The lowest BCUT2D eigenvalue weighted by molar-refractivity contribution is -0.122. The fraction of sp³-hybridized carbons (Fsp3) is 0.200. The van der Waals surface area contributed by atoms with E-state index in [1.807, 2.05) is 36.4 Å². The van der Waals surface area contributed by atoms with Gasteiger partial charge in [0.05, 0.1) is 35.4 Å². The molecule has 0 aliphatic carbocycles. The molecule has 11 heteroatoms. The number of carbonyl (C=O) groups excluding carboxylic acids is 4. The van der Waals surface area contributed by atoms with Crippen molar-refractivity contribution in [3.05, 3.63) is 130 Å². The fourth-order valence-corrected chi connectivity index (χ4v) is 7.13. The van der Waals surface area contributed by atoms with Crippen LogP contribution in [0.15, 0.2) is 107 Å². The highest BCUT2D eigenvalue weighted by molar-refractivity contribution is 7.99. The van der Waals surface area contributed by atoms with E-state index in [1.165, 1.54) is 14.2 Å². The van der Waals surface area contributed by atoms with Gasteiger partial charge in [0.1, 0.15) is 0 Å². The summed E-state index contributed by atoms with van der Waals surface area (Å²) in [7, 11) is 2.68. The summed E-state index contributed by atoms with van der Waals surface area (Å²) >= 11 is 1.58. The van der Waals surface area contributed by atoms with Crippen LogP contribution in [0, 0.1) is 0 Å². The lowest BCUT2D eigenvalue weighted by Crippen LogP contribution is -2.23. The molecule has 0 atom stereocenters. The molecule has 6 aromatic rings. The minimum absolute atomic E-state index is 0.0787. The topological polar surface area (TPSA) is 142 Å². The van der Waals surface area contributed by atoms with Gasteiger partial charge in [0.15, 0.2) is 0 Å². The number of aryl methyl sites for hydroxylation is 2. The van der Waals surface area contributed by atoms with Gasteiger partial charge >= 0.3 is 11.9 Å².